The third kappa shape index (κ3) is 9.07. The Labute approximate surface area is 198 Å². The van der Waals surface area contributed by atoms with E-state index in [1.807, 2.05) is 19.1 Å². The fourth-order valence-corrected chi connectivity index (χ4v) is 3.53. The average Bonchev–Trinajstić information content (AvgIpc) is 3.26. The summed E-state index contributed by atoms with van der Waals surface area (Å²) in [5.41, 5.74) is 1.23. The number of hydrogen-bond donors (Lipinski definition) is 2. The Hall–Kier alpha value is -1.55. The minimum Gasteiger partial charge on any atom is -0.497 e. The summed E-state index contributed by atoms with van der Waals surface area (Å²) in [6, 6.07) is 8.50. The van der Waals surface area contributed by atoms with Gasteiger partial charge in [-0.25, -0.2) is 0 Å². The second kappa shape index (κ2) is 15.3. The normalized spacial score (nSPS) is 15.2. The van der Waals surface area contributed by atoms with Crippen molar-refractivity contribution in [2.24, 2.45) is 4.99 Å². The van der Waals surface area contributed by atoms with Crippen molar-refractivity contribution >= 4 is 35.9 Å². The van der Waals surface area contributed by atoms with Gasteiger partial charge in [0.15, 0.2) is 5.96 Å². The lowest BCUT2D eigenvalue weighted by atomic mass is 10.1. The van der Waals surface area contributed by atoms with Gasteiger partial charge in [0.05, 0.1) is 26.3 Å². The van der Waals surface area contributed by atoms with Crippen LogP contribution in [-0.2, 0) is 9.53 Å². The molecule has 1 atom stereocenters. The molecule has 2 N–H and O–H groups in total. The van der Waals surface area contributed by atoms with E-state index < -0.39 is 0 Å². The molecule has 2 rings (SSSR count). The number of nitrogens with one attached hydrogen (secondary N) is 2. The SMILES string of the molecule is CCNC(=NCC(c1cccc(OC)c1)N1CCCC1)NCCCC(=O)OCC.I. The van der Waals surface area contributed by atoms with Crippen molar-refractivity contribution in [1.29, 1.82) is 0 Å². The molecule has 0 radical (unpaired) electrons. The molecule has 1 aromatic carbocycles. The summed E-state index contributed by atoms with van der Waals surface area (Å²) in [5.74, 6) is 1.51. The maximum atomic E-state index is 11.5. The number of guanidine groups is 1. The fourth-order valence-electron chi connectivity index (χ4n) is 3.53. The van der Waals surface area contributed by atoms with Crippen molar-refractivity contribution in [2.75, 3.05) is 46.4 Å². The molecule has 0 amide bonds. The first kappa shape index (κ1) is 26.5. The monoisotopic (exact) mass is 532 g/mol. The highest BCUT2D eigenvalue weighted by Crippen LogP contribution is 2.27. The minimum atomic E-state index is -0.150. The molecule has 1 aliphatic heterocycles. The van der Waals surface area contributed by atoms with Crippen LogP contribution in [0.4, 0.5) is 0 Å². The number of benzene rings is 1. The number of methoxy groups -OCH3 is 1. The number of aliphatic imine (C=N–C) groups is 1. The number of likely N-dealkylation sites (tertiary alicyclic amines) is 1. The molecule has 1 saturated heterocycles. The smallest absolute Gasteiger partial charge is 0.305 e. The zero-order valence-corrected chi connectivity index (χ0v) is 20.8. The van der Waals surface area contributed by atoms with Gasteiger partial charge in [-0.15, -0.1) is 24.0 Å². The first-order valence-electron chi connectivity index (χ1n) is 10.7. The summed E-state index contributed by atoms with van der Waals surface area (Å²) in [7, 11) is 1.70. The van der Waals surface area contributed by atoms with Gasteiger partial charge in [-0.1, -0.05) is 12.1 Å². The number of esters is 1. The number of carbonyl (C=O) groups is 1. The molecule has 7 nitrogen and oxygen atoms in total. The van der Waals surface area contributed by atoms with Crippen LogP contribution in [0.2, 0.25) is 0 Å². The molecular weight excluding hydrogens is 495 g/mol. The van der Waals surface area contributed by atoms with E-state index in [1.54, 1.807) is 7.11 Å². The zero-order valence-electron chi connectivity index (χ0n) is 18.5. The number of halogens is 1. The highest BCUT2D eigenvalue weighted by atomic mass is 127. The van der Waals surface area contributed by atoms with Gasteiger partial charge in [-0.05, 0) is 63.9 Å². The molecule has 0 spiro atoms. The Morgan fingerprint density at radius 2 is 2.00 bits per heavy atom. The molecule has 0 bridgehead atoms. The van der Waals surface area contributed by atoms with Gasteiger partial charge >= 0.3 is 5.97 Å². The predicted molar refractivity (Wildman–Crippen MR) is 132 cm³/mol. The third-order valence-electron chi connectivity index (χ3n) is 4.98. The van der Waals surface area contributed by atoms with Gasteiger partial charge in [-0.3, -0.25) is 14.7 Å². The highest BCUT2D eigenvalue weighted by Gasteiger charge is 2.23. The summed E-state index contributed by atoms with van der Waals surface area (Å²) in [5, 5.41) is 6.62. The van der Waals surface area contributed by atoms with E-state index in [2.05, 4.69) is 34.6 Å². The van der Waals surface area contributed by atoms with E-state index in [1.165, 1.54) is 18.4 Å². The van der Waals surface area contributed by atoms with Crippen LogP contribution in [-0.4, -0.2) is 63.3 Å². The summed E-state index contributed by atoms with van der Waals surface area (Å²) in [6.07, 6.45) is 3.60. The molecule has 1 heterocycles. The fraction of sp³-hybridized carbons (Fsp3) is 0.636. The lowest BCUT2D eigenvalue weighted by Crippen LogP contribution is -2.39. The van der Waals surface area contributed by atoms with Crippen molar-refractivity contribution in [3.63, 3.8) is 0 Å². The maximum Gasteiger partial charge on any atom is 0.305 e. The average molecular weight is 532 g/mol. The van der Waals surface area contributed by atoms with Crippen molar-refractivity contribution in [3.8, 4) is 5.75 Å². The number of ether oxygens (including phenoxy) is 2. The van der Waals surface area contributed by atoms with Crippen LogP contribution in [0, 0.1) is 0 Å². The van der Waals surface area contributed by atoms with Gasteiger partial charge < -0.3 is 20.1 Å². The zero-order chi connectivity index (χ0) is 20.9. The molecule has 1 fully saturated rings. The molecule has 30 heavy (non-hydrogen) atoms. The van der Waals surface area contributed by atoms with Crippen LogP contribution < -0.4 is 15.4 Å². The van der Waals surface area contributed by atoms with E-state index >= 15 is 0 Å². The van der Waals surface area contributed by atoms with Crippen molar-refractivity contribution in [1.82, 2.24) is 15.5 Å². The van der Waals surface area contributed by atoms with Crippen LogP contribution in [0.25, 0.3) is 0 Å². The lowest BCUT2D eigenvalue weighted by Gasteiger charge is -2.27. The first-order chi connectivity index (χ1) is 14.2. The van der Waals surface area contributed by atoms with E-state index in [0.717, 1.165) is 31.3 Å². The van der Waals surface area contributed by atoms with E-state index in [0.29, 0.717) is 32.5 Å². The van der Waals surface area contributed by atoms with E-state index in [9.17, 15) is 4.79 Å². The summed E-state index contributed by atoms with van der Waals surface area (Å²) < 4.78 is 10.4. The van der Waals surface area contributed by atoms with Gasteiger partial charge in [0, 0.05) is 19.5 Å². The third-order valence-corrected chi connectivity index (χ3v) is 4.98. The van der Waals surface area contributed by atoms with Crippen LogP contribution in [0.15, 0.2) is 29.3 Å². The van der Waals surface area contributed by atoms with E-state index in [-0.39, 0.29) is 36.0 Å². The van der Waals surface area contributed by atoms with Gasteiger partial charge in [0.1, 0.15) is 5.75 Å². The van der Waals surface area contributed by atoms with Crippen LogP contribution in [0.5, 0.6) is 5.75 Å². The summed E-state index contributed by atoms with van der Waals surface area (Å²) >= 11 is 0. The molecule has 170 valence electrons. The maximum absolute atomic E-state index is 11.5. The standard InChI is InChI=1S/C22H36N4O3.HI/c1-4-23-22(24-13-9-12-21(27)29-5-2)25-17-20(26-14-6-7-15-26)18-10-8-11-19(16-18)28-3;/h8,10-11,16,20H,4-7,9,12-15,17H2,1-3H3,(H2,23,24,25);1H. The first-order valence-corrected chi connectivity index (χ1v) is 10.7. The van der Waals surface area contributed by atoms with Gasteiger partial charge in [0.2, 0.25) is 0 Å². The molecule has 0 aromatic heterocycles. The molecule has 1 unspecified atom stereocenters. The highest BCUT2D eigenvalue weighted by molar-refractivity contribution is 14.0. The van der Waals surface area contributed by atoms with Crippen molar-refractivity contribution in [2.45, 2.75) is 45.6 Å². The Bertz CT molecular complexity index is 651. The number of rotatable bonds is 11. The number of hydrogen-bond acceptors (Lipinski definition) is 5. The molecule has 1 aliphatic rings. The number of nitrogens with zero attached hydrogens (tertiary/aromatic N) is 2. The van der Waals surface area contributed by atoms with Crippen LogP contribution in [0.3, 0.4) is 0 Å². The Morgan fingerprint density at radius 3 is 2.67 bits per heavy atom. The van der Waals surface area contributed by atoms with Gasteiger partial charge in [0.25, 0.3) is 0 Å². The predicted octanol–water partition coefficient (Wildman–Crippen LogP) is 3.35. The number of carbonyl (C=O) groups excluding carboxylic acids is 1. The molecular formula is C22H37IN4O3. The largest absolute Gasteiger partial charge is 0.497 e. The quantitative estimate of drug-likeness (QED) is 0.150. The molecule has 0 saturated carbocycles. The van der Waals surface area contributed by atoms with Crippen molar-refractivity contribution in [3.05, 3.63) is 29.8 Å². The van der Waals surface area contributed by atoms with Gasteiger partial charge in [-0.2, -0.15) is 0 Å². The molecule has 0 aliphatic carbocycles. The summed E-state index contributed by atoms with van der Waals surface area (Å²) in [4.78, 5) is 18.8. The second-order valence-corrected chi connectivity index (χ2v) is 7.09. The summed E-state index contributed by atoms with van der Waals surface area (Å²) in [6.45, 7) is 8.64. The molecule has 1 aromatic rings. The van der Waals surface area contributed by atoms with E-state index in [4.69, 9.17) is 14.5 Å². The lowest BCUT2D eigenvalue weighted by molar-refractivity contribution is -0.143. The van der Waals surface area contributed by atoms with Crippen molar-refractivity contribution < 1.29 is 14.3 Å². The molecule has 8 heteroatoms. The Balaban J connectivity index is 0.00000450. The second-order valence-electron chi connectivity index (χ2n) is 7.09. The minimum absolute atomic E-state index is 0. The Kier molecular flexibility index (Phi) is 13.5. The van der Waals surface area contributed by atoms with Crippen LogP contribution in [0.1, 0.15) is 51.1 Å². The van der Waals surface area contributed by atoms with Crippen LogP contribution >= 0.6 is 24.0 Å². The Morgan fingerprint density at radius 1 is 1.23 bits per heavy atom. The topological polar surface area (TPSA) is 75.2 Å².